The van der Waals surface area contributed by atoms with E-state index in [-0.39, 0.29) is 11.3 Å². The van der Waals surface area contributed by atoms with Crippen molar-refractivity contribution >= 4 is 34.7 Å². The lowest BCUT2D eigenvalue weighted by molar-refractivity contribution is -0.113. The molecule has 1 aromatic heterocycles. The van der Waals surface area contributed by atoms with Gasteiger partial charge in [0.2, 0.25) is 5.91 Å². The van der Waals surface area contributed by atoms with E-state index in [1.807, 2.05) is 19.1 Å². The third-order valence-electron chi connectivity index (χ3n) is 3.58. The summed E-state index contributed by atoms with van der Waals surface area (Å²) >= 11 is 3.11. The van der Waals surface area contributed by atoms with E-state index in [1.54, 1.807) is 11.3 Å². The molecule has 0 unspecified atom stereocenters. The summed E-state index contributed by atoms with van der Waals surface area (Å²) in [6.45, 7) is 10.6. The molecule has 2 rings (SSSR count). The Hall–Kier alpha value is -1.33. The lowest BCUT2D eigenvalue weighted by Gasteiger charge is -2.14. The van der Waals surface area contributed by atoms with Crippen LogP contribution in [0, 0.1) is 6.92 Å². The number of nitrogens with zero attached hydrogens (tertiary/aromatic N) is 1. The topological polar surface area (TPSA) is 42.0 Å². The van der Waals surface area contributed by atoms with Crippen LogP contribution in [0.15, 0.2) is 27.9 Å². The fraction of sp³-hybridized carbons (Fsp3) is 0.444. The summed E-state index contributed by atoms with van der Waals surface area (Å²) in [5.74, 6) is 0.403. The summed E-state index contributed by atoms with van der Waals surface area (Å²) < 4.78 is 0.950. The quantitative estimate of drug-likeness (QED) is 0.770. The van der Waals surface area contributed by atoms with E-state index in [1.165, 1.54) is 17.3 Å². The first kappa shape index (κ1) is 18.0. The van der Waals surface area contributed by atoms with Crippen molar-refractivity contribution in [3.8, 4) is 0 Å². The van der Waals surface area contributed by atoms with Crippen LogP contribution >= 0.6 is 23.1 Å². The molecule has 3 nitrogen and oxygen atoms in total. The molecule has 23 heavy (non-hydrogen) atoms. The highest BCUT2D eigenvalue weighted by Gasteiger charge is 2.18. The van der Waals surface area contributed by atoms with Gasteiger partial charge in [-0.3, -0.25) is 4.79 Å². The molecular formula is C18H24N2OS2. The maximum absolute atomic E-state index is 12.3. The number of aryl methyl sites for hydroxylation is 2. The van der Waals surface area contributed by atoms with Crippen LogP contribution in [0.4, 0.5) is 5.69 Å². The molecule has 2 aromatic rings. The summed E-state index contributed by atoms with van der Waals surface area (Å²) in [7, 11) is 0. The van der Waals surface area contributed by atoms with Gasteiger partial charge in [-0.15, -0.1) is 11.3 Å². The Labute approximate surface area is 146 Å². The Balaban J connectivity index is 1.97. The van der Waals surface area contributed by atoms with Crippen molar-refractivity contribution in [2.24, 2.45) is 0 Å². The van der Waals surface area contributed by atoms with Crippen LogP contribution in [0.2, 0.25) is 0 Å². The van der Waals surface area contributed by atoms with Crippen LogP contribution in [-0.2, 0) is 16.6 Å². The third-order valence-corrected chi connectivity index (χ3v) is 5.60. The Morgan fingerprint density at radius 3 is 2.70 bits per heavy atom. The minimum atomic E-state index is 0.0199. The molecule has 0 aliphatic heterocycles. The number of carbonyl (C=O) groups is 1. The molecule has 0 atom stereocenters. The third kappa shape index (κ3) is 4.82. The smallest absolute Gasteiger partial charge is 0.234 e. The summed E-state index contributed by atoms with van der Waals surface area (Å²) in [4.78, 5) is 16.9. The number of thioether (sulfide) groups is 1. The van der Waals surface area contributed by atoms with Gasteiger partial charge in [0, 0.05) is 16.5 Å². The summed E-state index contributed by atoms with van der Waals surface area (Å²) in [5.41, 5.74) is 4.36. The van der Waals surface area contributed by atoms with Gasteiger partial charge < -0.3 is 5.32 Å². The zero-order chi connectivity index (χ0) is 17.0. The minimum absolute atomic E-state index is 0.0199. The second-order valence-corrected chi connectivity index (χ2v) is 8.63. The molecule has 0 fully saturated rings. The molecule has 0 spiro atoms. The highest BCUT2D eigenvalue weighted by Crippen LogP contribution is 2.29. The number of para-hydroxylation sites is 1. The highest BCUT2D eigenvalue weighted by molar-refractivity contribution is 8.01. The summed E-state index contributed by atoms with van der Waals surface area (Å²) in [5, 5.41) is 5.13. The number of amides is 1. The number of carbonyl (C=O) groups excluding carboxylic acids is 1. The summed E-state index contributed by atoms with van der Waals surface area (Å²) in [6.07, 6.45) is 0.909. The molecule has 0 aliphatic rings. The van der Waals surface area contributed by atoms with Crippen LogP contribution in [0.3, 0.4) is 0 Å². The standard InChI is InChI=1S/C18H24N2OS2/c1-6-13-9-7-8-12(2)16(13)20-15(21)11-23-17-19-14(10-22-17)18(3,4)5/h7-10H,6,11H2,1-5H3,(H,20,21). The van der Waals surface area contributed by atoms with Crippen molar-refractivity contribution < 1.29 is 4.79 Å². The second-order valence-electron chi connectivity index (χ2n) is 6.55. The van der Waals surface area contributed by atoms with Gasteiger partial charge in [0.1, 0.15) is 0 Å². The Bertz CT molecular complexity index is 687. The molecule has 0 bridgehead atoms. The normalized spacial score (nSPS) is 11.5. The molecule has 1 amide bonds. The Morgan fingerprint density at radius 2 is 2.09 bits per heavy atom. The fourth-order valence-corrected chi connectivity index (χ4v) is 4.03. The van der Waals surface area contributed by atoms with Gasteiger partial charge in [0.25, 0.3) is 0 Å². The van der Waals surface area contributed by atoms with Gasteiger partial charge in [0.15, 0.2) is 4.34 Å². The van der Waals surface area contributed by atoms with E-state index in [9.17, 15) is 4.79 Å². The van der Waals surface area contributed by atoms with Crippen molar-refractivity contribution in [2.75, 3.05) is 11.1 Å². The van der Waals surface area contributed by atoms with Gasteiger partial charge in [-0.1, -0.05) is 57.7 Å². The average Bonchev–Trinajstić information content (AvgIpc) is 2.96. The van der Waals surface area contributed by atoms with Gasteiger partial charge >= 0.3 is 0 Å². The van der Waals surface area contributed by atoms with Crippen molar-refractivity contribution in [1.82, 2.24) is 4.98 Å². The number of nitrogens with one attached hydrogen (secondary N) is 1. The van der Waals surface area contributed by atoms with E-state index in [2.05, 4.69) is 49.4 Å². The second kappa shape index (κ2) is 7.49. The highest BCUT2D eigenvalue weighted by atomic mass is 32.2. The first-order valence-electron chi connectivity index (χ1n) is 7.78. The van der Waals surface area contributed by atoms with E-state index >= 15 is 0 Å². The van der Waals surface area contributed by atoms with Crippen LogP contribution in [0.25, 0.3) is 0 Å². The fourth-order valence-electron chi connectivity index (χ4n) is 2.17. The molecular weight excluding hydrogens is 324 g/mol. The first-order valence-corrected chi connectivity index (χ1v) is 9.65. The molecule has 1 heterocycles. The SMILES string of the molecule is CCc1cccc(C)c1NC(=O)CSc1nc(C(C)(C)C)cs1. The zero-order valence-electron chi connectivity index (χ0n) is 14.4. The van der Waals surface area contributed by atoms with Crippen LogP contribution < -0.4 is 5.32 Å². The van der Waals surface area contributed by atoms with Crippen molar-refractivity contribution in [3.05, 3.63) is 40.4 Å². The largest absolute Gasteiger partial charge is 0.325 e. The number of rotatable bonds is 5. The van der Waals surface area contributed by atoms with Gasteiger partial charge in [-0.05, 0) is 24.5 Å². The Morgan fingerprint density at radius 1 is 1.35 bits per heavy atom. The van der Waals surface area contributed by atoms with Crippen LogP contribution in [-0.4, -0.2) is 16.6 Å². The van der Waals surface area contributed by atoms with Gasteiger partial charge in [-0.2, -0.15) is 0 Å². The molecule has 1 aromatic carbocycles. The molecule has 5 heteroatoms. The number of thiazole rings is 1. The molecule has 124 valence electrons. The molecule has 0 saturated carbocycles. The minimum Gasteiger partial charge on any atom is -0.325 e. The zero-order valence-corrected chi connectivity index (χ0v) is 16.0. The maximum Gasteiger partial charge on any atom is 0.234 e. The van der Waals surface area contributed by atoms with Crippen molar-refractivity contribution in [2.45, 2.75) is 50.8 Å². The van der Waals surface area contributed by atoms with Crippen molar-refractivity contribution in [3.63, 3.8) is 0 Å². The summed E-state index contributed by atoms with van der Waals surface area (Å²) in [6, 6.07) is 6.12. The predicted octanol–water partition coefficient (Wildman–Crippen LogP) is 5.04. The number of aromatic nitrogens is 1. The number of benzene rings is 1. The van der Waals surface area contributed by atoms with Crippen molar-refractivity contribution in [1.29, 1.82) is 0 Å². The lowest BCUT2D eigenvalue weighted by Crippen LogP contribution is -2.16. The lowest BCUT2D eigenvalue weighted by atomic mass is 9.93. The van der Waals surface area contributed by atoms with Gasteiger partial charge in [-0.25, -0.2) is 4.98 Å². The van der Waals surface area contributed by atoms with E-state index in [0.29, 0.717) is 5.75 Å². The number of hydrogen-bond donors (Lipinski definition) is 1. The average molecular weight is 349 g/mol. The van der Waals surface area contributed by atoms with E-state index in [0.717, 1.165) is 27.7 Å². The predicted molar refractivity (Wildman–Crippen MR) is 101 cm³/mol. The molecule has 0 radical (unpaired) electrons. The monoisotopic (exact) mass is 348 g/mol. The Kier molecular flexibility index (Phi) is 5.87. The van der Waals surface area contributed by atoms with E-state index < -0.39 is 0 Å². The number of anilines is 1. The first-order chi connectivity index (χ1) is 10.8. The maximum atomic E-state index is 12.3. The van der Waals surface area contributed by atoms with Crippen LogP contribution in [0.5, 0.6) is 0 Å². The number of hydrogen-bond acceptors (Lipinski definition) is 4. The van der Waals surface area contributed by atoms with Gasteiger partial charge in [0.05, 0.1) is 11.4 Å². The molecule has 0 saturated heterocycles. The van der Waals surface area contributed by atoms with E-state index in [4.69, 9.17) is 0 Å². The van der Waals surface area contributed by atoms with Crippen LogP contribution in [0.1, 0.15) is 44.5 Å². The molecule has 0 aliphatic carbocycles. The molecule has 1 N–H and O–H groups in total.